The molecule has 32 heavy (non-hydrogen) atoms. The molecule has 0 fully saturated rings. The highest BCUT2D eigenvalue weighted by molar-refractivity contribution is 5.95. The number of benzene rings is 3. The normalized spacial score (nSPS) is 10.4. The Bertz CT molecular complexity index is 1170. The number of nitrogens with one attached hydrogen (secondary N) is 2. The maximum absolute atomic E-state index is 12.3. The van der Waals surface area contributed by atoms with Crippen molar-refractivity contribution in [3.8, 4) is 11.4 Å². The van der Waals surface area contributed by atoms with Gasteiger partial charge in [-0.2, -0.15) is 5.10 Å². The number of nitrogens with zero attached hydrogens (tertiary/aromatic N) is 2. The van der Waals surface area contributed by atoms with Gasteiger partial charge in [0.25, 0.3) is 11.8 Å². The van der Waals surface area contributed by atoms with Crippen LogP contribution in [0.15, 0.2) is 97.3 Å². The number of carbonyl (C=O) groups is 2. The van der Waals surface area contributed by atoms with Crippen LogP contribution in [0.4, 0.5) is 0 Å². The molecule has 0 radical (unpaired) electrons. The van der Waals surface area contributed by atoms with Gasteiger partial charge in [0, 0.05) is 24.4 Å². The van der Waals surface area contributed by atoms with Crippen LogP contribution in [0.25, 0.3) is 5.69 Å². The number of aromatic nitrogens is 2. The molecule has 4 rings (SSSR count). The number of hydrogen-bond acceptors (Lipinski definition) is 4. The van der Waals surface area contributed by atoms with E-state index in [1.807, 2.05) is 66.9 Å². The Hall–Kier alpha value is -4.39. The Morgan fingerprint density at radius 2 is 1.59 bits per heavy atom. The lowest BCUT2D eigenvalue weighted by atomic mass is 10.0. The minimum absolute atomic E-state index is 0.218. The van der Waals surface area contributed by atoms with Crippen molar-refractivity contribution < 1.29 is 14.3 Å². The molecule has 4 aromatic rings. The molecule has 2 N–H and O–H groups in total. The second-order valence-corrected chi connectivity index (χ2v) is 7.06. The molecule has 0 saturated heterocycles. The number of hydrogen-bond donors (Lipinski definition) is 2. The van der Waals surface area contributed by atoms with Crippen molar-refractivity contribution in [2.45, 2.75) is 6.42 Å². The van der Waals surface area contributed by atoms with Crippen LogP contribution in [0.3, 0.4) is 0 Å². The van der Waals surface area contributed by atoms with Crippen LogP contribution in [-0.4, -0.2) is 28.2 Å². The first kappa shape index (κ1) is 20.9. The van der Waals surface area contributed by atoms with Crippen LogP contribution in [0.5, 0.6) is 5.75 Å². The number of amides is 2. The van der Waals surface area contributed by atoms with Crippen LogP contribution < -0.4 is 15.6 Å². The molecule has 0 atom stereocenters. The van der Waals surface area contributed by atoms with Crippen LogP contribution in [0, 0.1) is 0 Å². The first-order valence-corrected chi connectivity index (χ1v) is 10.1. The summed E-state index contributed by atoms with van der Waals surface area (Å²) in [6.45, 7) is -0.218. The van der Waals surface area contributed by atoms with Gasteiger partial charge in [0.15, 0.2) is 6.61 Å². The smallest absolute Gasteiger partial charge is 0.276 e. The predicted molar refractivity (Wildman–Crippen MR) is 120 cm³/mol. The lowest BCUT2D eigenvalue weighted by molar-refractivity contribution is -0.123. The summed E-state index contributed by atoms with van der Waals surface area (Å²) >= 11 is 0. The van der Waals surface area contributed by atoms with Gasteiger partial charge in [0.1, 0.15) is 5.75 Å². The summed E-state index contributed by atoms with van der Waals surface area (Å²) in [7, 11) is 0. The molecule has 3 aromatic carbocycles. The quantitative estimate of drug-likeness (QED) is 0.444. The number of rotatable bonds is 7. The van der Waals surface area contributed by atoms with Crippen LogP contribution in [-0.2, 0) is 11.2 Å². The Morgan fingerprint density at radius 1 is 0.844 bits per heavy atom. The lowest BCUT2D eigenvalue weighted by Crippen LogP contribution is -2.43. The third-order valence-corrected chi connectivity index (χ3v) is 4.78. The van der Waals surface area contributed by atoms with E-state index in [-0.39, 0.29) is 6.61 Å². The van der Waals surface area contributed by atoms with Gasteiger partial charge in [-0.25, -0.2) is 4.68 Å². The van der Waals surface area contributed by atoms with E-state index in [1.54, 1.807) is 35.1 Å². The van der Waals surface area contributed by atoms with Gasteiger partial charge in [-0.05, 0) is 47.5 Å². The van der Waals surface area contributed by atoms with E-state index >= 15 is 0 Å². The number of carbonyl (C=O) groups excluding carboxylic acids is 2. The molecule has 1 heterocycles. The van der Waals surface area contributed by atoms with E-state index in [2.05, 4.69) is 16.0 Å². The lowest BCUT2D eigenvalue weighted by Gasteiger charge is -2.12. The molecule has 0 aliphatic carbocycles. The number of ether oxygens (including phenoxy) is 1. The first-order chi connectivity index (χ1) is 15.7. The second kappa shape index (κ2) is 10.1. The van der Waals surface area contributed by atoms with E-state index in [0.29, 0.717) is 17.7 Å². The van der Waals surface area contributed by atoms with E-state index in [1.165, 1.54) is 0 Å². The van der Waals surface area contributed by atoms with Gasteiger partial charge in [0.05, 0.1) is 5.69 Å². The largest absolute Gasteiger partial charge is 0.483 e. The molecule has 7 nitrogen and oxygen atoms in total. The Balaban J connectivity index is 1.28. The van der Waals surface area contributed by atoms with Crippen LogP contribution >= 0.6 is 0 Å². The highest BCUT2D eigenvalue weighted by atomic mass is 16.5. The van der Waals surface area contributed by atoms with Crippen molar-refractivity contribution in [2.24, 2.45) is 0 Å². The Kier molecular flexibility index (Phi) is 6.57. The fourth-order valence-corrected chi connectivity index (χ4v) is 3.17. The van der Waals surface area contributed by atoms with Crippen molar-refractivity contribution in [1.29, 1.82) is 0 Å². The zero-order chi connectivity index (χ0) is 22.2. The Labute approximate surface area is 185 Å². The third kappa shape index (κ3) is 5.40. The molecule has 7 heteroatoms. The summed E-state index contributed by atoms with van der Waals surface area (Å²) in [5, 5.41) is 4.14. The van der Waals surface area contributed by atoms with E-state index in [0.717, 1.165) is 16.8 Å². The summed E-state index contributed by atoms with van der Waals surface area (Å²) in [6, 6.07) is 26.3. The number of hydrazine groups is 1. The monoisotopic (exact) mass is 426 g/mol. The highest BCUT2D eigenvalue weighted by Gasteiger charge is 2.10. The molecular weight excluding hydrogens is 404 g/mol. The van der Waals surface area contributed by atoms with Crippen molar-refractivity contribution in [2.75, 3.05) is 6.61 Å². The fourth-order valence-electron chi connectivity index (χ4n) is 3.17. The maximum atomic E-state index is 12.3. The van der Waals surface area contributed by atoms with Crippen molar-refractivity contribution in [3.63, 3.8) is 0 Å². The molecule has 0 bridgehead atoms. The first-order valence-electron chi connectivity index (χ1n) is 10.1. The molecule has 160 valence electrons. The maximum Gasteiger partial charge on any atom is 0.276 e. The summed E-state index contributed by atoms with van der Waals surface area (Å²) in [4.78, 5) is 24.5. The van der Waals surface area contributed by atoms with Gasteiger partial charge >= 0.3 is 0 Å². The SMILES string of the molecule is O=C(COc1ccccc1Cc1ccccc1)NNC(=O)c1ccc(-n2cccn2)cc1. The van der Waals surface area contributed by atoms with Crippen molar-refractivity contribution in [1.82, 2.24) is 20.6 Å². The van der Waals surface area contributed by atoms with Crippen molar-refractivity contribution in [3.05, 3.63) is 114 Å². The minimum atomic E-state index is -0.457. The van der Waals surface area contributed by atoms with Crippen LogP contribution in [0.2, 0.25) is 0 Å². The summed E-state index contributed by atoms with van der Waals surface area (Å²) in [6.07, 6.45) is 4.19. The molecule has 0 unspecified atom stereocenters. The predicted octanol–water partition coefficient (Wildman–Crippen LogP) is 3.30. The molecule has 1 aromatic heterocycles. The molecule has 0 spiro atoms. The molecule has 0 saturated carbocycles. The van der Waals surface area contributed by atoms with Gasteiger partial charge in [-0.3, -0.25) is 20.4 Å². The standard InChI is InChI=1S/C25H22N4O3/c30-24(18-32-23-10-5-4-9-21(23)17-19-7-2-1-3-8-19)27-28-25(31)20-11-13-22(14-12-20)29-16-6-15-26-29/h1-16H,17-18H2,(H,27,30)(H,28,31). The molecule has 2 amide bonds. The van der Waals surface area contributed by atoms with Crippen LogP contribution in [0.1, 0.15) is 21.5 Å². The molecule has 0 aliphatic rings. The second-order valence-electron chi connectivity index (χ2n) is 7.06. The van der Waals surface area contributed by atoms with E-state index in [4.69, 9.17) is 4.74 Å². The van der Waals surface area contributed by atoms with Gasteiger partial charge in [-0.1, -0.05) is 48.5 Å². The summed E-state index contributed by atoms with van der Waals surface area (Å²) < 4.78 is 7.38. The summed E-state index contributed by atoms with van der Waals surface area (Å²) in [5.41, 5.74) is 8.16. The highest BCUT2D eigenvalue weighted by Crippen LogP contribution is 2.21. The fraction of sp³-hybridized carbons (Fsp3) is 0.0800. The van der Waals surface area contributed by atoms with Crippen molar-refractivity contribution >= 4 is 11.8 Å². The van der Waals surface area contributed by atoms with Gasteiger partial charge in [0.2, 0.25) is 0 Å². The van der Waals surface area contributed by atoms with Gasteiger partial charge in [-0.15, -0.1) is 0 Å². The molecule has 0 aliphatic heterocycles. The molecular formula is C25H22N4O3. The summed E-state index contributed by atoms with van der Waals surface area (Å²) in [5.74, 6) is -0.247. The topological polar surface area (TPSA) is 85.3 Å². The average molecular weight is 426 g/mol. The zero-order valence-corrected chi connectivity index (χ0v) is 17.3. The Morgan fingerprint density at radius 3 is 2.34 bits per heavy atom. The third-order valence-electron chi connectivity index (χ3n) is 4.78. The average Bonchev–Trinajstić information content (AvgIpc) is 3.38. The van der Waals surface area contributed by atoms with Gasteiger partial charge < -0.3 is 4.74 Å². The number of para-hydroxylation sites is 1. The van der Waals surface area contributed by atoms with E-state index < -0.39 is 11.8 Å². The van der Waals surface area contributed by atoms with E-state index in [9.17, 15) is 9.59 Å². The minimum Gasteiger partial charge on any atom is -0.483 e. The zero-order valence-electron chi connectivity index (χ0n) is 17.3.